The van der Waals surface area contributed by atoms with Gasteiger partial charge >= 0.3 is 0 Å². The summed E-state index contributed by atoms with van der Waals surface area (Å²) in [7, 11) is 2.01. The van der Waals surface area contributed by atoms with Crippen LogP contribution in [0.1, 0.15) is 17.5 Å². The Bertz CT molecular complexity index is 431. The molecule has 0 aliphatic heterocycles. The first-order valence-corrected chi connectivity index (χ1v) is 5.59. The van der Waals surface area contributed by atoms with Crippen LogP contribution >= 0.6 is 0 Å². The number of benzene rings is 1. The molecule has 88 valence electrons. The van der Waals surface area contributed by atoms with Gasteiger partial charge in [0, 0.05) is 25.1 Å². The lowest BCUT2D eigenvalue weighted by molar-refractivity contribution is 0.335. The van der Waals surface area contributed by atoms with Crippen LogP contribution in [-0.2, 0) is 6.54 Å². The molecule has 0 heterocycles. The molecular weight excluding hydrogens is 210 g/mol. The minimum absolute atomic E-state index is 0.388. The Morgan fingerprint density at radius 2 is 2.00 bits per heavy atom. The molecule has 0 saturated carbocycles. The minimum Gasteiger partial charge on any atom is -0.320 e. The van der Waals surface area contributed by atoms with Gasteiger partial charge in [-0.1, -0.05) is 24.0 Å². The van der Waals surface area contributed by atoms with Crippen LogP contribution in [0.15, 0.2) is 24.3 Å². The summed E-state index contributed by atoms with van der Waals surface area (Å²) in [5.74, 6) is 5.81. The van der Waals surface area contributed by atoms with E-state index in [9.17, 15) is 0 Å². The molecular formula is C14H17N3. The van der Waals surface area contributed by atoms with Crippen molar-refractivity contribution in [3.05, 3.63) is 35.4 Å². The molecule has 3 nitrogen and oxygen atoms in total. The van der Waals surface area contributed by atoms with Gasteiger partial charge < -0.3 is 10.6 Å². The van der Waals surface area contributed by atoms with E-state index in [4.69, 9.17) is 11.0 Å². The SMILES string of the molecule is CN(CCC#N)Cc1ccc(C#CCN)cc1. The molecule has 1 aromatic carbocycles. The van der Waals surface area contributed by atoms with Crippen LogP contribution in [-0.4, -0.2) is 25.0 Å². The van der Waals surface area contributed by atoms with Crippen LogP contribution in [0.25, 0.3) is 0 Å². The minimum atomic E-state index is 0.388. The lowest BCUT2D eigenvalue weighted by Gasteiger charge is -2.14. The van der Waals surface area contributed by atoms with E-state index < -0.39 is 0 Å². The first-order valence-electron chi connectivity index (χ1n) is 5.59. The first-order chi connectivity index (χ1) is 8.26. The second-order valence-corrected chi connectivity index (χ2v) is 3.85. The monoisotopic (exact) mass is 227 g/mol. The number of hydrogen-bond donors (Lipinski definition) is 1. The summed E-state index contributed by atoms with van der Waals surface area (Å²) in [6.07, 6.45) is 0.566. The molecule has 0 radical (unpaired) electrons. The third-order valence-electron chi connectivity index (χ3n) is 2.35. The van der Waals surface area contributed by atoms with Gasteiger partial charge in [0.15, 0.2) is 0 Å². The molecule has 0 unspecified atom stereocenters. The smallest absolute Gasteiger partial charge is 0.0635 e. The highest BCUT2D eigenvalue weighted by atomic mass is 15.1. The van der Waals surface area contributed by atoms with Crippen molar-refractivity contribution >= 4 is 0 Å². The third-order valence-corrected chi connectivity index (χ3v) is 2.35. The molecule has 0 aliphatic carbocycles. The zero-order valence-electron chi connectivity index (χ0n) is 10.1. The van der Waals surface area contributed by atoms with Gasteiger partial charge in [0.05, 0.1) is 12.6 Å². The Hall–Kier alpha value is -1.81. The van der Waals surface area contributed by atoms with Crippen LogP contribution in [0.5, 0.6) is 0 Å². The van der Waals surface area contributed by atoms with E-state index in [1.807, 2.05) is 19.2 Å². The number of nitrogens with zero attached hydrogens (tertiary/aromatic N) is 2. The summed E-state index contributed by atoms with van der Waals surface area (Å²) in [6, 6.07) is 10.3. The van der Waals surface area contributed by atoms with Crippen LogP contribution in [0, 0.1) is 23.2 Å². The van der Waals surface area contributed by atoms with E-state index >= 15 is 0 Å². The molecule has 1 aromatic rings. The average molecular weight is 227 g/mol. The molecule has 0 aromatic heterocycles. The summed E-state index contributed by atoms with van der Waals surface area (Å²) in [5.41, 5.74) is 7.52. The highest BCUT2D eigenvalue weighted by molar-refractivity contribution is 5.36. The van der Waals surface area contributed by atoms with Crippen molar-refractivity contribution in [2.24, 2.45) is 5.73 Å². The van der Waals surface area contributed by atoms with Crippen LogP contribution in [0.4, 0.5) is 0 Å². The van der Waals surface area contributed by atoms with Crippen LogP contribution in [0.3, 0.4) is 0 Å². The van der Waals surface area contributed by atoms with Gasteiger partial charge in [0.2, 0.25) is 0 Å². The fourth-order valence-electron chi connectivity index (χ4n) is 1.48. The maximum atomic E-state index is 8.50. The van der Waals surface area contributed by atoms with Gasteiger partial charge in [-0.05, 0) is 24.7 Å². The Balaban J connectivity index is 2.53. The fourth-order valence-corrected chi connectivity index (χ4v) is 1.48. The normalized spacial score (nSPS) is 9.53. The van der Waals surface area contributed by atoms with E-state index in [1.165, 1.54) is 5.56 Å². The van der Waals surface area contributed by atoms with E-state index in [0.29, 0.717) is 13.0 Å². The van der Waals surface area contributed by atoms with Crippen molar-refractivity contribution in [3.8, 4) is 17.9 Å². The summed E-state index contributed by atoms with van der Waals surface area (Å²) in [6.45, 7) is 2.04. The molecule has 0 aliphatic rings. The van der Waals surface area contributed by atoms with Crippen molar-refractivity contribution in [3.63, 3.8) is 0 Å². The Kier molecular flexibility index (Phi) is 5.82. The second kappa shape index (κ2) is 7.46. The molecule has 0 spiro atoms. The number of hydrogen-bond acceptors (Lipinski definition) is 3. The predicted octanol–water partition coefficient (Wildman–Crippen LogP) is 1.34. The van der Waals surface area contributed by atoms with Crippen molar-refractivity contribution in [1.29, 1.82) is 5.26 Å². The Morgan fingerprint density at radius 1 is 1.29 bits per heavy atom. The maximum absolute atomic E-state index is 8.50. The topological polar surface area (TPSA) is 53.0 Å². The third kappa shape index (κ3) is 5.17. The molecule has 0 saturated heterocycles. The second-order valence-electron chi connectivity index (χ2n) is 3.85. The highest BCUT2D eigenvalue weighted by Gasteiger charge is 1.99. The van der Waals surface area contributed by atoms with Gasteiger partial charge in [-0.25, -0.2) is 0 Å². The van der Waals surface area contributed by atoms with Crippen molar-refractivity contribution in [1.82, 2.24) is 4.90 Å². The first kappa shape index (κ1) is 13.3. The number of rotatable bonds is 4. The molecule has 3 heteroatoms. The van der Waals surface area contributed by atoms with Crippen LogP contribution < -0.4 is 5.73 Å². The Labute approximate surface area is 103 Å². The van der Waals surface area contributed by atoms with Crippen molar-refractivity contribution < 1.29 is 0 Å². The summed E-state index contributed by atoms with van der Waals surface area (Å²) in [4.78, 5) is 2.13. The summed E-state index contributed by atoms with van der Waals surface area (Å²) in [5, 5.41) is 8.50. The molecule has 1 rings (SSSR count). The van der Waals surface area contributed by atoms with Gasteiger partial charge in [0.1, 0.15) is 0 Å². The lowest BCUT2D eigenvalue weighted by Crippen LogP contribution is -2.18. The Morgan fingerprint density at radius 3 is 2.59 bits per heavy atom. The molecule has 0 atom stereocenters. The van der Waals surface area contributed by atoms with Gasteiger partial charge in [0.25, 0.3) is 0 Å². The van der Waals surface area contributed by atoms with Crippen LogP contribution in [0.2, 0.25) is 0 Å². The lowest BCUT2D eigenvalue weighted by atomic mass is 10.1. The fraction of sp³-hybridized carbons (Fsp3) is 0.357. The number of nitriles is 1. The van der Waals surface area contributed by atoms with E-state index in [0.717, 1.165) is 18.7 Å². The molecule has 17 heavy (non-hydrogen) atoms. The van der Waals surface area contributed by atoms with Gasteiger partial charge in [-0.3, -0.25) is 0 Å². The highest BCUT2D eigenvalue weighted by Crippen LogP contribution is 2.06. The summed E-state index contributed by atoms with van der Waals surface area (Å²) < 4.78 is 0. The average Bonchev–Trinajstić information content (AvgIpc) is 2.35. The predicted molar refractivity (Wildman–Crippen MR) is 68.9 cm³/mol. The van der Waals surface area contributed by atoms with E-state index in [-0.39, 0.29) is 0 Å². The quantitative estimate of drug-likeness (QED) is 0.790. The van der Waals surface area contributed by atoms with Crippen molar-refractivity contribution in [2.45, 2.75) is 13.0 Å². The van der Waals surface area contributed by atoms with Gasteiger partial charge in [-0.2, -0.15) is 5.26 Å². The number of nitrogens with two attached hydrogens (primary N) is 1. The van der Waals surface area contributed by atoms with E-state index in [1.54, 1.807) is 0 Å². The van der Waals surface area contributed by atoms with Gasteiger partial charge in [-0.15, -0.1) is 0 Å². The zero-order valence-corrected chi connectivity index (χ0v) is 10.1. The molecule has 0 fully saturated rings. The largest absolute Gasteiger partial charge is 0.320 e. The maximum Gasteiger partial charge on any atom is 0.0635 e. The standard InChI is InChI=1S/C14H17N3/c1-17(11-3-10-16)12-14-7-5-13(6-8-14)4-2-9-15/h5-8H,3,9,11-12,15H2,1H3. The van der Waals surface area contributed by atoms with E-state index in [2.05, 4.69) is 34.9 Å². The summed E-state index contributed by atoms with van der Waals surface area (Å²) >= 11 is 0. The van der Waals surface area contributed by atoms with Crippen molar-refractivity contribution in [2.75, 3.05) is 20.1 Å². The zero-order chi connectivity index (χ0) is 12.5. The molecule has 2 N–H and O–H groups in total. The molecule has 0 amide bonds. The molecule has 0 bridgehead atoms.